The highest BCUT2D eigenvalue weighted by Gasteiger charge is 2.11. The van der Waals surface area contributed by atoms with Gasteiger partial charge in [-0.3, -0.25) is 0 Å². The fourth-order valence-electron chi connectivity index (χ4n) is 1.68. The van der Waals surface area contributed by atoms with Gasteiger partial charge in [-0.15, -0.1) is 0 Å². The topological polar surface area (TPSA) is 48.4 Å². The lowest BCUT2D eigenvalue weighted by Gasteiger charge is -2.07. The van der Waals surface area contributed by atoms with Gasteiger partial charge < -0.3 is 14.9 Å². The van der Waals surface area contributed by atoms with Gasteiger partial charge in [-0.05, 0) is 25.5 Å². The summed E-state index contributed by atoms with van der Waals surface area (Å²) >= 11 is 0. The van der Waals surface area contributed by atoms with E-state index in [1.807, 2.05) is 37.3 Å². The number of ether oxygens (including phenoxy) is 1. The van der Waals surface area contributed by atoms with Crippen LogP contribution in [0.15, 0.2) is 34.7 Å². The van der Waals surface area contributed by atoms with Crippen molar-refractivity contribution in [1.29, 1.82) is 0 Å². The van der Waals surface area contributed by atoms with Crippen LogP contribution in [0.25, 0.3) is 11.0 Å². The van der Waals surface area contributed by atoms with Crippen LogP contribution in [0.2, 0.25) is 0 Å². The summed E-state index contributed by atoms with van der Waals surface area (Å²) in [5.41, 5.74) is 6.92. The fraction of sp³-hybridized carbons (Fsp3) is 0.385. The molecule has 1 aromatic heterocycles. The van der Waals surface area contributed by atoms with Gasteiger partial charge in [0, 0.05) is 18.6 Å². The average molecular weight is 219 g/mol. The molecule has 0 radical (unpaired) electrons. The molecule has 3 heteroatoms. The van der Waals surface area contributed by atoms with Gasteiger partial charge in [0.05, 0.1) is 6.04 Å². The van der Waals surface area contributed by atoms with E-state index in [0.29, 0.717) is 6.61 Å². The van der Waals surface area contributed by atoms with Crippen molar-refractivity contribution in [2.45, 2.75) is 19.4 Å². The summed E-state index contributed by atoms with van der Waals surface area (Å²) in [5, 5.41) is 1.10. The summed E-state index contributed by atoms with van der Waals surface area (Å²) in [4.78, 5) is 0. The highest BCUT2D eigenvalue weighted by atomic mass is 16.5. The Kier molecular flexibility index (Phi) is 3.59. The van der Waals surface area contributed by atoms with Gasteiger partial charge in [0.1, 0.15) is 11.3 Å². The largest absolute Gasteiger partial charge is 0.459 e. The standard InChI is InChI=1S/C13H17NO2/c1-2-15-8-7-11(14)13-9-10-5-3-4-6-12(10)16-13/h3-6,9,11H,2,7-8,14H2,1H3. The number of fused-ring (bicyclic) bond motifs is 1. The minimum absolute atomic E-state index is 0.0843. The van der Waals surface area contributed by atoms with E-state index in [9.17, 15) is 0 Å². The third-order valence-electron chi connectivity index (χ3n) is 2.59. The molecule has 1 aromatic carbocycles. The van der Waals surface area contributed by atoms with Crippen molar-refractivity contribution in [2.24, 2.45) is 5.73 Å². The number of nitrogens with two attached hydrogens (primary N) is 1. The van der Waals surface area contributed by atoms with Gasteiger partial charge in [0.15, 0.2) is 0 Å². The van der Waals surface area contributed by atoms with Crippen LogP contribution in [0.4, 0.5) is 0 Å². The SMILES string of the molecule is CCOCCC(N)c1cc2ccccc2o1. The molecule has 2 aromatic rings. The summed E-state index contributed by atoms with van der Waals surface area (Å²) in [5.74, 6) is 0.834. The first kappa shape index (κ1) is 11.2. The molecule has 2 rings (SSSR count). The van der Waals surface area contributed by atoms with Crippen LogP contribution in [-0.2, 0) is 4.74 Å². The van der Waals surface area contributed by atoms with Gasteiger partial charge in [-0.25, -0.2) is 0 Å². The number of rotatable bonds is 5. The van der Waals surface area contributed by atoms with Crippen LogP contribution < -0.4 is 5.73 Å². The molecule has 1 heterocycles. The van der Waals surface area contributed by atoms with Crippen LogP contribution in [-0.4, -0.2) is 13.2 Å². The lowest BCUT2D eigenvalue weighted by molar-refractivity contribution is 0.138. The number of hydrogen-bond donors (Lipinski definition) is 1. The van der Waals surface area contributed by atoms with E-state index in [1.165, 1.54) is 0 Å². The number of furan rings is 1. The molecule has 2 N–H and O–H groups in total. The Bertz CT molecular complexity index is 417. The van der Waals surface area contributed by atoms with Gasteiger partial charge in [-0.2, -0.15) is 0 Å². The quantitative estimate of drug-likeness (QED) is 0.786. The van der Waals surface area contributed by atoms with Gasteiger partial charge in [0.2, 0.25) is 0 Å². The molecule has 1 unspecified atom stereocenters. The smallest absolute Gasteiger partial charge is 0.134 e. The highest BCUT2D eigenvalue weighted by Crippen LogP contribution is 2.23. The fourth-order valence-corrected chi connectivity index (χ4v) is 1.68. The normalized spacial score (nSPS) is 13.1. The number of hydrogen-bond acceptors (Lipinski definition) is 3. The summed E-state index contributed by atoms with van der Waals surface area (Å²) in [6.07, 6.45) is 0.785. The van der Waals surface area contributed by atoms with Crippen LogP contribution in [0.3, 0.4) is 0 Å². The first-order valence-corrected chi connectivity index (χ1v) is 5.63. The lowest BCUT2D eigenvalue weighted by Crippen LogP contribution is -2.12. The molecule has 0 saturated heterocycles. The minimum Gasteiger partial charge on any atom is -0.459 e. The number of para-hydroxylation sites is 1. The molecule has 0 aliphatic rings. The molecule has 16 heavy (non-hydrogen) atoms. The van der Waals surface area contributed by atoms with Crippen molar-refractivity contribution in [1.82, 2.24) is 0 Å². The molecule has 0 spiro atoms. The Labute approximate surface area is 95.2 Å². The van der Waals surface area contributed by atoms with E-state index in [4.69, 9.17) is 14.9 Å². The van der Waals surface area contributed by atoms with Crippen LogP contribution in [0, 0.1) is 0 Å². The molecule has 86 valence electrons. The Morgan fingerprint density at radius 3 is 2.94 bits per heavy atom. The van der Waals surface area contributed by atoms with Crippen LogP contribution in [0.1, 0.15) is 25.1 Å². The molecule has 1 atom stereocenters. The van der Waals surface area contributed by atoms with Crippen molar-refractivity contribution < 1.29 is 9.15 Å². The summed E-state index contributed by atoms with van der Waals surface area (Å²) < 4.78 is 11.0. The Hall–Kier alpha value is -1.32. The molecule has 0 aliphatic carbocycles. The third kappa shape index (κ3) is 2.43. The molecular formula is C13H17NO2. The molecule has 0 saturated carbocycles. The second-order valence-corrected chi connectivity index (χ2v) is 3.78. The van der Waals surface area contributed by atoms with Crippen LogP contribution in [0.5, 0.6) is 0 Å². The molecule has 0 fully saturated rings. The maximum absolute atomic E-state index is 6.03. The van der Waals surface area contributed by atoms with Crippen molar-refractivity contribution in [3.05, 3.63) is 36.1 Å². The van der Waals surface area contributed by atoms with Gasteiger partial charge >= 0.3 is 0 Å². The maximum atomic E-state index is 6.03. The summed E-state index contributed by atoms with van der Waals surface area (Å²) in [6.45, 7) is 3.38. The lowest BCUT2D eigenvalue weighted by atomic mass is 10.1. The van der Waals surface area contributed by atoms with Gasteiger partial charge in [-0.1, -0.05) is 18.2 Å². The van der Waals surface area contributed by atoms with E-state index in [1.54, 1.807) is 0 Å². The third-order valence-corrected chi connectivity index (χ3v) is 2.59. The van der Waals surface area contributed by atoms with Crippen molar-refractivity contribution in [3.8, 4) is 0 Å². The second-order valence-electron chi connectivity index (χ2n) is 3.78. The average Bonchev–Trinajstić information content (AvgIpc) is 2.73. The van der Waals surface area contributed by atoms with Crippen molar-refractivity contribution in [2.75, 3.05) is 13.2 Å². The van der Waals surface area contributed by atoms with Crippen molar-refractivity contribution >= 4 is 11.0 Å². The predicted octanol–water partition coefficient (Wildman–Crippen LogP) is 2.86. The summed E-state index contributed by atoms with van der Waals surface area (Å²) in [6, 6.07) is 9.85. The monoisotopic (exact) mass is 219 g/mol. The zero-order chi connectivity index (χ0) is 11.4. The highest BCUT2D eigenvalue weighted by molar-refractivity contribution is 5.77. The first-order valence-electron chi connectivity index (χ1n) is 5.63. The molecule has 0 amide bonds. The van der Waals surface area contributed by atoms with E-state index in [2.05, 4.69) is 0 Å². The van der Waals surface area contributed by atoms with Crippen molar-refractivity contribution in [3.63, 3.8) is 0 Å². The molecule has 0 bridgehead atoms. The zero-order valence-electron chi connectivity index (χ0n) is 9.48. The first-order chi connectivity index (χ1) is 7.81. The zero-order valence-corrected chi connectivity index (χ0v) is 9.48. The Morgan fingerprint density at radius 1 is 1.38 bits per heavy atom. The second kappa shape index (κ2) is 5.14. The Balaban J connectivity index is 2.07. The van der Waals surface area contributed by atoms with E-state index in [0.717, 1.165) is 29.8 Å². The van der Waals surface area contributed by atoms with E-state index >= 15 is 0 Å². The maximum Gasteiger partial charge on any atom is 0.134 e. The van der Waals surface area contributed by atoms with Gasteiger partial charge in [0.25, 0.3) is 0 Å². The molecule has 0 aliphatic heterocycles. The van der Waals surface area contributed by atoms with Crippen LogP contribution >= 0.6 is 0 Å². The summed E-state index contributed by atoms with van der Waals surface area (Å²) in [7, 11) is 0. The Morgan fingerprint density at radius 2 is 2.19 bits per heavy atom. The predicted molar refractivity (Wildman–Crippen MR) is 64.3 cm³/mol. The van der Waals surface area contributed by atoms with E-state index in [-0.39, 0.29) is 6.04 Å². The number of benzene rings is 1. The molecular weight excluding hydrogens is 202 g/mol. The molecule has 3 nitrogen and oxygen atoms in total. The minimum atomic E-state index is -0.0843. The van der Waals surface area contributed by atoms with E-state index < -0.39 is 0 Å².